The Morgan fingerprint density at radius 3 is 1.69 bits per heavy atom. The SMILES string of the molecule is CN[C@@H](CO)C(=O)NC(CO)C(=O)N[C@@H](CO)C(=O)NC(C)C.O=CCSC(=O)c1ccccc1. The van der Waals surface area contributed by atoms with E-state index in [0.717, 1.165) is 18.0 Å². The molecule has 0 saturated heterocycles. The number of hydrogen-bond acceptors (Lipinski definition) is 10. The molecule has 3 amide bonds. The summed E-state index contributed by atoms with van der Waals surface area (Å²) < 4.78 is 0. The second-order valence-corrected chi connectivity index (χ2v) is 8.30. The Bertz CT molecular complexity index is 806. The first-order chi connectivity index (χ1) is 16.6. The molecule has 0 aliphatic heterocycles. The van der Waals surface area contributed by atoms with Crippen LogP contribution in [0.4, 0.5) is 0 Å². The summed E-state index contributed by atoms with van der Waals surface area (Å²) in [6.45, 7) is 1.61. The third-order valence-electron chi connectivity index (χ3n) is 4.20. The number of amides is 3. The molecular weight excluding hydrogens is 480 g/mol. The molecule has 0 saturated carbocycles. The van der Waals surface area contributed by atoms with Crippen LogP contribution in [-0.2, 0) is 19.2 Å². The number of aldehydes is 1. The van der Waals surface area contributed by atoms with Crippen molar-refractivity contribution in [2.75, 3.05) is 32.6 Å². The molecule has 1 unspecified atom stereocenters. The number of nitrogens with one attached hydrogen (secondary N) is 4. The highest BCUT2D eigenvalue weighted by Crippen LogP contribution is 2.10. The van der Waals surface area contributed by atoms with Crippen molar-refractivity contribution < 1.29 is 39.3 Å². The van der Waals surface area contributed by atoms with Crippen molar-refractivity contribution in [2.24, 2.45) is 0 Å². The number of thioether (sulfide) groups is 1. The number of aliphatic hydroxyl groups is 3. The molecule has 0 aliphatic carbocycles. The molecule has 3 atom stereocenters. The molecule has 1 aromatic carbocycles. The van der Waals surface area contributed by atoms with Crippen LogP contribution >= 0.6 is 11.8 Å². The normalized spacial score (nSPS) is 12.9. The topological polar surface area (TPSA) is 194 Å². The van der Waals surface area contributed by atoms with E-state index in [-0.39, 0.29) is 16.9 Å². The van der Waals surface area contributed by atoms with Gasteiger partial charge in [-0.3, -0.25) is 19.2 Å². The zero-order valence-corrected chi connectivity index (χ0v) is 20.7. The summed E-state index contributed by atoms with van der Waals surface area (Å²) in [7, 11) is 1.45. The van der Waals surface area contributed by atoms with Crippen molar-refractivity contribution >= 4 is 40.9 Å². The molecule has 0 bridgehead atoms. The standard InChI is InChI=1S/C13H26N4O6.C9H8O2S/c1-7(2)15-12(22)9(5-19)17-13(23)10(6-20)16-11(21)8(4-18)14-3;10-6-7-12-9(11)8-4-2-1-3-5-8/h7-10,14,18-20H,4-6H2,1-3H3,(H,15,22)(H,16,21)(H,17,23);1-6H,7H2/t8-,9-,10?;/m0./s1. The van der Waals surface area contributed by atoms with Gasteiger partial charge in [-0.15, -0.1) is 0 Å². The first-order valence-corrected chi connectivity index (χ1v) is 11.7. The first-order valence-electron chi connectivity index (χ1n) is 10.7. The number of carbonyl (C=O) groups is 5. The Morgan fingerprint density at radius 2 is 1.29 bits per heavy atom. The van der Waals surface area contributed by atoms with Crippen molar-refractivity contribution in [1.82, 2.24) is 21.3 Å². The molecule has 196 valence electrons. The van der Waals surface area contributed by atoms with Gasteiger partial charge >= 0.3 is 0 Å². The van der Waals surface area contributed by atoms with E-state index in [0.29, 0.717) is 5.56 Å². The fourth-order valence-corrected chi connectivity index (χ4v) is 2.91. The Morgan fingerprint density at radius 1 is 0.829 bits per heavy atom. The quantitative estimate of drug-likeness (QED) is 0.142. The second-order valence-electron chi connectivity index (χ2n) is 7.31. The molecule has 35 heavy (non-hydrogen) atoms. The number of benzene rings is 1. The average molecular weight is 515 g/mol. The van der Waals surface area contributed by atoms with E-state index in [1.807, 2.05) is 6.07 Å². The summed E-state index contributed by atoms with van der Waals surface area (Å²) in [5, 5.41) is 36.9. The molecule has 13 heteroatoms. The third kappa shape index (κ3) is 13.0. The molecular formula is C22H34N4O8S. The smallest absolute Gasteiger partial charge is 0.245 e. The van der Waals surface area contributed by atoms with Crippen LogP contribution in [0.5, 0.6) is 0 Å². The van der Waals surface area contributed by atoms with Gasteiger partial charge in [0.15, 0.2) is 0 Å². The highest BCUT2D eigenvalue weighted by atomic mass is 32.2. The Hall–Kier alpha value is -2.84. The van der Waals surface area contributed by atoms with E-state index in [4.69, 9.17) is 5.11 Å². The van der Waals surface area contributed by atoms with Crippen LogP contribution in [0.15, 0.2) is 30.3 Å². The highest BCUT2D eigenvalue weighted by molar-refractivity contribution is 8.14. The van der Waals surface area contributed by atoms with Gasteiger partial charge in [0.1, 0.15) is 24.4 Å². The summed E-state index contributed by atoms with van der Waals surface area (Å²) in [6.07, 6.45) is 0.728. The predicted molar refractivity (Wildman–Crippen MR) is 131 cm³/mol. The fourth-order valence-electron chi connectivity index (χ4n) is 2.39. The van der Waals surface area contributed by atoms with Crippen molar-refractivity contribution in [3.05, 3.63) is 35.9 Å². The molecule has 0 aliphatic rings. The summed E-state index contributed by atoms with van der Waals surface area (Å²) in [5.74, 6) is -1.86. The monoisotopic (exact) mass is 514 g/mol. The van der Waals surface area contributed by atoms with E-state index in [9.17, 15) is 34.2 Å². The number of likely N-dealkylation sites (N-methyl/N-ethyl adjacent to an activating group) is 1. The zero-order valence-electron chi connectivity index (χ0n) is 19.9. The summed E-state index contributed by atoms with van der Waals surface area (Å²) >= 11 is 1.02. The van der Waals surface area contributed by atoms with Gasteiger partial charge in [0.05, 0.1) is 25.6 Å². The van der Waals surface area contributed by atoms with E-state index >= 15 is 0 Å². The molecule has 0 heterocycles. The van der Waals surface area contributed by atoms with Crippen LogP contribution in [0, 0.1) is 0 Å². The largest absolute Gasteiger partial charge is 0.394 e. The maximum Gasteiger partial charge on any atom is 0.245 e. The fraction of sp³-hybridized carbons (Fsp3) is 0.500. The lowest BCUT2D eigenvalue weighted by molar-refractivity contribution is -0.134. The molecule has 7 N–H and O–H groups in total. The second kappa shape index (κ2) is 18.5. The minimum atomic E-state index is -1.31. The van der Waals surface area contributed by atoms with Gasteiger partial charge in [0.2, 0.25) is 22.8 Å². The molecule has 1 rings (SSSR count). The van der Waals surface area contributed by atoms with Crippen LogP contribution in [-0.4, -0.2) is 101 Å². The Labute approximate surface area is 208 Å². The summed E-state index contributed by atoms with van der Waals surface area (Å²) in [5.41, 5.74) is 0.643. The lowest BCUT2D eigenvalue weighted by Gasteiger charge is -2.23. The van der Waals surface area contributed by atoms with Crippen molar-refractivity contribution in [1.29, 1.82) is 0 Å². The average Bonchev–Trinajstić information content (AvgIpc) is 2.85. The lowest BCUT2D eigenvalue weighted by atomic mass is 10.2. The first kappa shape index (κ1) is 32.2. The number of rotatable bonds is 13. The van der Waals surface area contributed by atoms with Crippen molar-refractivity contribution in [2.45, 2.75) is 38.0 Å². The molecule has 0 radical (unpaired) electrons. The van der Waals surface area contributed by atoms with Gasteiger partial charge in [0, 0.05) is 11.6 Å². The summed E-state index contributed by atoms with van der Waals surface area (Å²) in [6, 6.07) is 5.29. The van der Waals surface area contributed by atoms with Gasteiger partial charge in [-0.05, 0) is 20.9 Å². The summed E-state index contributed by atoms with van der Waals surface area (Å²) in [4.78, 5) is 56.7. The maximum atomic E-state index is 12.0. The van der Waals surface area contributed by atoms with E-state index < -0.39 is 55.7 Å². The van der Waals surface area contributed by atoms with E-state index in [2.05, 4.69) is 21.3 Å². The highest BCUT2D eigenvalue weighted by Gasteiger charge is 2.27. The predicted octanol–water partition coefficient (Wildman–Crippen LogP) is -2.20. The Kier molecular flexibility index (Phi) is 17.0. The number of carbonyl (C=O) groups excluding carboxylic acids is 5. The molecule has 0 fully saturated rings. The molecule has 12 nitrogen and oxygen atoms in total. The van der Waals surface area contributed by atoms with Crippen LogP contribution in [0.25, 0.3) is 0 Å². The Balaban J connectivity index is 0.000000801. The minimum absolute atomic E-state index is 0.0531. The van der Waals surface area contributed by atoms with Crippen molar-refractivity contribution in [3.63, 3.8) is 0 Å². The number of aliphatic hydroxyl groups excluding tert-OH is 3. The van der Waals surface area contributed by atoms with Gasteiger partial charge in [-0.1, -0.05) is 42.1 Å². The van der Waals surface area contributed by atoms with Gasteiger partial charge < -0.3 is 41.4 Å². The molecule has 1 aromatic rings. The van der Waals surface area contributed by atoms with Gasteiger partial charge in [0.25, 0.3) is 0 Å². The molecule has 0 aromatic heterocycles. The van der Waals surface area contributed by atoms with E-state index in [1.165, 1.54) is 7.05 Å². The van der Waals surface area contributed by atoms with Gasteiger partial charge in [-0.25, -0.2) is 0 Å². The lowest BCUT2D eigenvalue weighted by Crippen LogP contribution is -2.58. The number of hydrogen-bond donors (Lipinski definition) is 7. The third-order valence-corrected chi connectivity index (χ3v) is 5.00. The van der Waals surface area contributed by atoms with Gasteiger partial charge in [-0.2, -0.15) is 0 Å². The van der Waals surface area contributed by atoms with Crippen LogP contribution < -0.4 is 21.3 Å². The molecule has 0 spiro atoms. The van der Waals surface area contributed by atoms with Crippen LogP contribution in [0.2, 0.25) is 0 Å². The van der Waals surface area contributed by atoms with Crippen molar-refractivity contribution in [3.8, 4) is 0 Å². The van der Waals surface area contributed by atoms with Crippen LogP contribution in [0.1, 0.15) is 24.2 Å². The van der Waals surface area contributed by atoms with E-state index in [1.54, 1.807) is 38.1 Å². The maximum absolute atomic E-state index is 12.0. The zero-order chi connectivity index (χ0) is 26.8. The van der Waals surface area contributed by atoms with Crippen LogP contribution in [0.3, 0.4) is 0 Å². The minimum Gasteiger partial charge on any atom is -0.394 e.